The van der Waals surface area contributed by atoms with Gasteiger partial charge in [0, 0.05) is 23.7 Å². The van der Waals surface area contributed by atoms with Crippen LogP contribution in [-0.4, -0.2) is 46.6 Å². The molecule has 7 nitrogen and oxygen atoms in total. The fourth-order valence-electron chi connectivity index (χ4n) is 3.57. The van der Waals surface area contributed by atoms with Gasteiger partial charge in [-0.05, 0) is 30.0 Å². The molecule has 0 fully saturated rings. The van der Waals surface area contributed by atoms with Gasteiger partial charge in [-0.3, -0.25) is 0 Å². The third-order valence-corrected chi connectivity index (χ3v) is 5.08. The minimum atomic E-state index is -0.696. The molecule has 2 aromatic rings. The van der Waals surface area contributed by atoms with E-state index in [1.165, 1.54) is 7.11 Å². The predicted octanol–water partition coefficient (Wildman–Crippen LogP) is 3.31. The van der Waals surface area contributed by atoms with Gasteiger partial charge in [-0.25, -0.2) is 14.6 Å². The van der Waals surface area contributed by atoms with Crippen LogP contribution in [0, 0.1) is 5.92 Å². The normalized spacial score (nSPS) is 17.2. The number of amides is 2. The first-order valence-electron chi connectivity index (χ1n) is 9.33. The number of urea groups is 1. The number of esters is 1. The molecule has 150 valence electrons. The number of aromatic amines is 1. The number of carbonyl (C=O) groups is 2. The molecule has 0 aliphatic carbocycles. The summed E-state index contributed by atoms with van der Waals surface area (Å²) in [5.74, 6) is -0.216. The van der Waals surface area contributed by atoms with Gasteiger partial charge in [-0.15, -0.1) is 0 Å². The Morgan fingerprint density at radius 1 is 1.43 bits per heavy atom. The molecule has 0 saturated heterocycles. The van der Waals surface area contributed by atoms with Gasteiger partial charge < -0.3 is 19.9 Å². The number of H-pyrrole nitrogens is 1. The topological polar surface area (TPSA) is 87.3 Å². The molecule has 2 N–H and O–H groups in total. The summed E-state index contributed by atoms with van der Waals surface area (Å²) in [6.07, 6.45) is 2.80. The Labute approximate surface area is 169 Å². The van der Waals surface area contributed by atoms with E-state index in [9.17, 15) is 9.59 Å². The van der Waals surface area contributed by atoms with E-state index in [0.29, 0.717) is 24.4 Å². The number of halogens is 1. The molecule has 0 bridgehead atoms. The molecule has 1 aromatic heterocycles. The summed E-state index contributed by atoms with van der Waals surface area (Å²) in [7, 11) is 1.33. The van der Waals surface area contributed by atoms with E-state index in [4.69, 9.17) is 16.3 Å². The Morgan fingerprint density at radius 2 is 2.21 bits per heavy atom. The minimum absolute atomic E-state index is 0.229. The zero-order valence-corrected chi connectivity index (χ0v) is 17.0. The Kier molecular flexibility index (Phi) is 6.24. The smallest absolute Gasteiger partial charge is 0.328 e. The highest BCUT2D eigenvalue weighted by Crippen LogP contribution is 2.34. The Bertz CT molecular complexity index is 851. The van der Waals surface area contributed by atoms with Crippen molar-refractivity contribution >= 4 is 23.6 Å². The van der Waals surface area contributed by atoms with Crippen LogP contribution in [0.5, 0.6) is 0 Å². The van der Waals surface area contributed by atoms with E-state index in [0.717, 1.165) is 17.0 Å². The van der Waals surface area contributed by atoms with Gasteiger partial charge >= 0.3 is 12.0 Å². The average molecular weight is 405 g/mol. The zero-order valence-electron chi connectivity index (χ0n) is 16.2. The van der Waals surface area contributed by atoms with Gasteiger partial charge in [-0.1, -0.05) is 37.6 Å². The summed E-state index contributed by atoms with van der Waals surface area (Å²) in [4.78, 5) is 34.6. The number of fused-ring (bicyclic) bond motifs is 1. The van der Waals surface area contributed by atoms with Gasteiger partial charge in [0.05, 0.1) is 19.1 Å². The molecule has 0 unspecified atom stereocenters. The second-order valence-electron chi connectivity index (χ2n) is 7.32. The van der Waals surface area contributed by atoms with Crippen molar-refractivity contribution in [2.45, 2.75) is 38.8 Å². The van der Waals surface area contributed by atoms with Crippen molar-refractivity contribution in [3.63, 3.8) is 0 Å². The number of rotatable bonds is 5. The molecular weight excluding hydrogens is 380 g/mol. The van der Waals surface area contributed by atoms with Crippen molar-refractivity contribution in [1.82, 2.24) is 20.2 Å². The highest BCUT2D eigenvalue weighted by molar-refractivity contribution is 6.30. The van der Waals surface area contributed by atoms with Crippen LogP contribution < -0.4 is 5.32 Å². The Hall–Kier alpha value is -2.54. The van der Waals surface area contributed by atoms with Crippen LogP contribution in [-0.2, 0) is 16.0 Å². The van der Waals surface area contributed by atoms with Crippen molar-refractivity contribution in [2.75, 3.05) is 13.7 Å². The summed E-state index contributed by atoms with van der Waals surface area (Å²) in [6, 6.07) is 6.00. The summed E-state index contributed by atoms with van der Waals surface area (Å²) in [5.41, 5.74) is 2.66. The molecule has 28 heavy (non-hydrogen) atoms. The third kappa shape index (κ3) is 4.30. The number of nitrogens with zero attached hydrogens (tertiary/aromatic N) is 2. The first-order chi connectivity index (χ1) is 13.4. The van der Waals surface area contributed by atoms with Gasteiger partial charge in [0.1, 0.15) is 12.1 Å². The number of hydrogen-bond acceptors (Lipinski definition) is 4. The minimum Gasteiger partial charge on any atom is -0.467 e. The van der Waals surface area contributed by atoms with Crippen LogP contribution in [0.2, 0.25) is 5.02 Å². The summed E-state index contributed by atoms with van der Waals surface area (Å²) in [6.45, 7) is 4.48. The van der Waals surface area contributed by atoms with Crippen LogP contribution in [0.15, 0.2) is 30.6 Å². The van der Waals surface area contributed by atoms with Gasteiger partial charge in [-0.2, -0.15) is 0 Å². The molecule has 1 aliphatic rings. The highest BCUT2D eigenvalue weighted by atomic mass is 35.5. The third-order valence-electron chi connectivity index (χ3n) is 4.84. The van der Waals surface area contributed by atoms with Crippen molar-refractivity contribution in [3.8, 4) is 0 Å². The van der Waals surface area contributed by atoms with Gasteiger partial charge in [0.25, 0.3) is 0 Å². The second kappa shape index (κ2) is 8.65. The summed E-state index contributed by atoms with van der Waals surface area (Å²) in [5, 5.41) is 3.44. The number of hydrogen-bond donors (Lipinski definition) is 2. The van der Waals surface area contributed by atoms with E-state index in [2.05, 4.69) is 15.3 Å². The van der Waals surface area contributed by atoms with Gasteiger partial charge in [0.2, 0.25) is 0 Å². The standard InChI is InChI=1S/C20H25ClN4O3/c1-12(2)9-16(19(26)28-3)24-20(27)25-8-7-15-17(23-11-22-15)18(25)13-5-4-6-14(21)10-13/h4-6,10-12,16,18H,7-9H2,1-3H3,(H,22,23)(H,24,27)/t16-,18+/m0/s1. The van der Waals surface area contributed by atoms with Crippen LogP contribution in [0.3, 0.4) is 0 Å². The van der Waals surface area contributed by atoms with E-state index < -0.39 is 12.0 Å². The molecule has 2 amide bonds. The lowest BCUT2D eigenvalue weighted by molar-refractivity contribution is -0.143. The lowest BCUT2D eigenvalue weighted by atomic mass is 9.96. The summed E-state index contributed by atoms with van der Waals surface area (Å²) < 4.78 is 4.87. The van der Waals surface area contributed by atoms with Crippen LogP contribution >= 0.6 is 11.6 Å². The highest BCUT2D eigenvalue weighted by Gasteiger charge is 2.36. The number of imidazole rings is 1. The maximum atomic E-state index is 13.1. The molecule has 0 saturated carbocycles. The number of benzene rings is 1. The zero-order chi connectivity index (χ0) is 20.3. The second-order valence-corrected chi connectivity index (χ2v) is 7.76. The van der Waals surface area contributed by atoms with E-state index >= 15 is 0 Å². The molecule has 1 aliphatic heterocycles. The number of carbonyl (C=O) groups excluding carboxylic acids is 2. The van der Waals surface area contributed by atoms with Crippen molar-refractivity contribution < 1.29 is 14.3 Å². The van der Waals surface area contributed by atoms with E-state index in [1.807, 2.05) is 32.0 Å². The number of nitrogens with one attached hydrogen (secondary N) is 2. The molecular formula is C20H25ClN4O3. The monoisotopic (exact) mass is 404 g/mol. The first-order valence-corrected chi connectivity index (χ1v) is 9.71. The molecule has 0 spiro atoms. The SMILES string of the molecule is COC(=O)[C@H](CC(C)C)NC(=O)N1CCc2[nH]cnc2[C@H]1c1cccc(Cl)c1. The number of aromatic nitrogens is 2. The maximum Gasteiger partial charge on any atom is 0.328 e. The molecule has 0 radical (unpaired) electrons. The summed E-state index contributed by atoms with van der Waals surface area (Å²) >= 11 is 6.19. The van der Waals surface area contributed by atoms with Crippen LogP contribution in [0.25, 0.3) is 0 Å². The predicted molar refractivity (Wildman–Crippen MR) is 106 cm³/mol. The average Bonchev–Trinajstić information content (AvgIpc) is 3.14. The molecule has 2 heterocycles. The molecule has 1 aromatic carbocycles. The van der Waals surface area contributed by atoms with Crippen molar-refractivity contribution in [3.05, 3.63) is 52.6 Å². The largest absolute Gasteiger partial charge is 0.467 e. The van der Waals surface area contributed by atoms with E-state index in [1.54, 1.807) is 17.3 Å². The van der Waals surface area contributed by atoms with Crippen molar-refractivity contribution in [1.29, 1.82) is 0 Å². The van der Waals surface area contributed by atoms with Crippen molar-refractivity contribution in [2.24, 2.45) is 5.92 Å². The fourth-order valence-corrected chi connectivity index (χ4v) is 3.77. The van der Waals surface area contributed by atoms with Crippen LogP contribution in [0.4, 0.5) is 4.79 Å². The van der Waals surface area contributed by atoms with Gasteiger partial charge in [0.15, 0.2) is 0 Å². The molecule has 2 atom stereocenters. The molecule has 8 heteroatoms. The first kappa shape index (κ1) is 20.2. The maximum absolute atomic E-state index is 13.1. The number of ether oxygens (including phenoxy) is 1. The Balaban J connectivity index is 1.90. The number of methoxy groups -OCH3 is 1. The lowest BCUT2D eigenvalue weighted by Crippen LogP contribution is -2.51. The molecule has 3 rings (SSSR count). The van der Waals surface area contributed by atoms with E-state index in [-0.39, 0.29) is 18.0 Å². The van der Waals surface area contributed by atoms with Crippen LogP contribution in [0.1, 0.15) is 43.3 Å². The quantitative estimate of drug-likeness (QED) is 0.748. The fraction of sp³-hybridized carbons (Fsp3) is 0.450. The lowest BCUT2D eigenvalue weighted by Gasteiger charge is -2.36. The Morgan fingerprint density at radius 3 is 2.89 bits per heavy atom.